The first-order valence-corrected chi connectivity index (χ1v) is 7.62. The summed E-state index contributed by atoms with van der Waals surface area (Å²) in [5.41, 5.74) is 0.569. The van der Waals surface area contributed by atoms with Crippen molar-refractivity contribution in [2.45, 2.75) is 6.42 Å². The van der Waals surface area contributed by atoms with Crippen molar-refractivity contribution < 1.29 is 4.79 Å². The summed E-state index contributed by atoms with van der Waals surface area (Å²) in [6, 6.07) is 7.26. The van der Waals surface area contributed by atoms with Crippen LogP contribution in [0, 0.1) is 0 Å². The predicted octanol–water partition coefficient (Wildman–Crippen LogP) is 5.35. The van der Waals surface area contributed by atoms with Crippen molar-refractivity contribution in [3.63, 3.8) is 0 Å². The molecule has 0 fully saturated rings. The van der Waals surface area contributed by atoms with Gasteiger partial charge < -0.3 is 0 Å². The van der Waals surface area contributed by atoms with E-state index in [0.29, 0.717) is 17.0 Å². The number of halogens is 3. The maximum absolute atomic E-state index is 12.0. The van der Waals surface area contributed by atoms with Gasteiger partial charge in [-0.15, -0.1) is 11.3 Å². The van der Waals surface area contributed by atoms with E-state index in [4.69, 9.17) is 11.6 Å². The van der Waals surface area contributed by atoms with Gasteiger partial charge in [0.05, 0.1) is 5.02 Å². The highest BCUT2D eigenvalue weighted by Crippen LogP contribution is 2.25. The van der Waals surface area contributed by atoms with E-state index < -0.39 is 0 Å². The Hall–Kier alpha value is -0.160. The van der Waals surface area contributed by atoms with E-state index in [-0.39, 0.29) is 5.78 Å². The first-order valence-electron chi connectivity index (χ1n) is 4.77. The fraction of sp³-hybridized carbons (Fsp3) is 0.0833. The fourth-order valence-electron chi connectivity index (χ4n) is 1.42. The van der Waals surface area contributed by atoms with Crippen molar-refractivity contribution in [1.29, 1.82) is 0 Å². The second-order valence-corrected chi connectivity index (χ2v) is 6.69. The highest BCUT2D eigenvalue weighted by Gasteiger charge is 2.12. The van der Waals surface area contributed by atoms with Crippen LogP contribution in [-0.2, 0) is 6.42 Å². The zero-order valence-electron chi connectivity index (χ0n) is 8.54. The molecule has 0 saturated carbocycles. The van der Waals surface area contributed by atoms with Gasteiger partial charge >= 0.3 is 0 Å². The topological polar surface area (TPSA) is 17.1 Å². The summed E-state index contributed by atoms with van der Waals surface area (Å²) in [6.07, 6.45) is 0.387. The molecule has 0 radical (unpaired) electrons. The second-order valence-electron chi connectivity index (χ2n) is 3.46. The summed E-state index contributed by atoms with van der Waals surface area (Å²) >= 11 is 14.3. The molecule has 0 aliphatic rings. The molecule has 2 aromatic rings. The van der Waals surface area contributed by atoms with E-state index in [1.165, 1.54) is 0 Å². The van der Waals surface area contributed by atoms with Crippen molar-refractivity contribution in [2.24, 2.45) is 0 Å². The van der Waals surface area contributed by atoms with Crippen molar-refractivity contribution in [3.8, 4) is 0 Å². The molecule has 0 saturated heterocycles. The maximum Gasteiger partial charge on any atom is 0.169 e. The van der Waals surface area contributed by atoms with Crippen LogP contribution in [0.2, 0.25) is 5.02 Å². The van der Waals surface area contributed by atoms with Crippen LogP contribution < -0.4 is 0 Å². The summed E-state index contributed by atoms with van der Waals surface area (Å²) in [5.74, 6) is 0.0388. The Balaban J connectivity index is 2.20. The zero-order chi connectivity index (χ0) is 12.4. The van der Waals surface area contributed by atoms with E-state index in [9.17, 15) is 4.79 Å². The van der Waals surface area contributed by atoms with Gasteiger partial charge in [0, 0.05) is 31.2 Å². The minimum Gasteiger partial charge on any atom is -0.294 e. The summed E-state index contributed by atoms with van der Waals surface area (Å²) in [4.78, 5) is 13.1. The lowest BCUT2D eigenvalue weighted by Crippen LogP contribution is -2.02. The van der Waals surface area contributed by atoms with Crippen molar-refractivity contribution in [2.75, 3.05) is 0 Å². The number of benzene rings is 1. The first kappa shape index (κ1) is 13.3. The van der Waals surface area contributed by atoms with Gasteiger partial charge in [-0.1, -0.05) is 27.5 Å². The molecule has 1 nitrogen and oxygen atoms in total. The third kappa shape index (κ3) is 3.41. The number of rotatable bonds is 3. The molecule has 5 heteroatoms. The minimum atomic E-state index is 0.0388. The highest BCUT2D eigenvalue weighted by atomic mass is 79.9. The molecule has 0 unspecified atom stereocenters. The minimum absolute atomic E-state index is 0.0388. The molecule has 17 heavy (non-hydrogen) atoms. The maximum atomic E-state index is 12.0. The Labute approximate surface area is 125 Å². The zero-order valence-corrected chi connectivity index (χ0v) is 13.3. The Morgan fingerprint density at radius 3 is 2.59 bits per heavy atom. The Bertz CT molecular complexity index is 565. The normalized spacial score (nSPS) is 10.5. The molecule has 0 N–H and O–H groups in total. The number of hydrogen-bond acceptors (Lipinski definition) is 2. The van der Waals surface area contributed by atoms with Crippen LogP contribution in [0.25, 0.3) is 0 Å². The summed E-state index contributed by atoms with van der Waals surface area (Å²) < 4.78 is 1.88. The molecular weight excluding hydrogens is 387 g/mol. The smallest absolute Gasteiger partial charge is 0.169 e. The monoisotopic (exact) mass is 392 g/mol. The molecule has 2 rings (SSSR count). The van der Waals surface area contributed by atoms with Gasteiger partial charge in [-0.25, -0.2) is 0 Å². The van der Waals surface area contributed by atoms with Gasteiger partial charge in [0.15, 0.2) is 5.78 Å². The molecule has 0 spiro atoms. The van der Waals surface area contributed by atoms with Gasteiger partial charge in [-0.2, -0.15) is 0 Å². The number of Topliss-reactive ketones (excluding diaryl/α,β-unsaturated/α-hetero) is 1. The molecule has 0 bridgehead atoms. The van der Waals surface area contributed by atoms with E-state index in [1.807, 2.05) is 17.5 Å². The Kier molecular flexibility index (Phi) is 4.42. The molecule has 0 aliphatic carbocycles. The van der Waals surface area contributed by atoms with Gasteiger partial charge in [-0.05, 0) is 40.2 Å². The fourth-order valence-corrected chi connectivity index (χ4v) is 3.64. The summed E-state index contributed by atoms with van der Waals surface area (Å²) in [5, 5.41) is 2.45. The van der Waals surface area contributed by atoms with Crippen molar-refractivity contribution in [3.05, 3.63) is 54.1 Å². The number of hydrogen-bond donors (Lipinski definition) is 0. The van der Waals surface area contributed by atoms with Crippen LogP contribution in [-0.4, -0.2) is 5.78 Å². The standard InChI is InChI=1S/C12H7Br2ClOS/c13-7-1-2-10(11(15)4-7)12(16)5-9-3-8(14)6-17-9/h1-4,6H,5H2. The number of thiophene rings is 1. The first-order chi connectivity index (χ1) is 8.06. The average molecular weight is 395 g/mol. The molecule has 1 aromatic carbocycles. The van der Waals surface area contributed by atoms with Crippen LogP contribution in [0.15, 0.2) is 38.6 Å². The molecule has 0 atom stereocenters. The van der Waals surface area contributed by atoms with Crippen molar-refractivity contribution >= 4 is 60.6 Å². The predicted molar refractivity (Wildman–Crippen MR) is 79.2 cm³/mol. The van der Waals surface area contributed by atoms with Gasteiger partial charge in [0.25, 0.3) is 0 Å². The lowest BCUT2D eigenvalue weighted by molar-refractivity contribution is 0.0994. The number of ketones is 1. The molecule has 0 aliphatic heterocycles. The molecular formula is C12H7Br2ClOS. The number of carbonyl (C=O) groups is 1. The third-order valence-electron chi connectivity index (χ3n) is 2.19. The number of carbonyl (C=O) groups excluding carboxylic acids is 1. The van der Waals surface area contributed by atoms with Crippen LogP contribution in [0.1, 0.15) is 15.2 Å². The Morgan fingerprint density at radius 2 is 2.00 bits per heavy atom. The highest BCUT2D eigenvalue weighted by molar-refractivity contribution is 9.10. The van der Waals surface area contributed by atoms with Gasteiger partial charge in [-0.3, -0.25) is 4.79 Å². The SMILES string of the molecule is O=C(Cc1cc(Br)cs1)c1ccc(Br)cc1Cl. The van der Waals surface area contributed by atoms with E-state index in [2.05, 4.69) is 31.9 Å². The lowest BCUT2D eigenvalue weighted by atomic mass is 10.1. The molecule has 1 aromatic heterocycles. The second kappa shape index (κ2) is 5.65. The van der Waals surface area contributed by atoms with Gasteiger partial charge in [0.1, 0.15) is 0 Å². The van der Waals surface area contributed by atoms with E-state index >= 15 is 0 Å². The van der Waals surface area contributed by atoms with Gasteiger partial charge in [0.2, 0.25) is 0 Å². The molecule has 1 heterocycles. The van der Waals surface area contributed by atoms with Crippen LogP contribution in [0.3, 0.4) is 0 Å². The summed E-state index contributed by atoms with van der Waals surface area (Å²) in [7, 11) is 0. The Morgan fingerprint density at radius 1 is 1.24 bits per heavy atom. The van der Waals surface area contributed by atoms with E-state index in [1.54, 1.807) is 23.5 Å². The van der Waals surface area contributed by atoms with E-state index in [0.717, 1.165) is 13.8 Å². The summed E-state index contributed by atoms with van der Waals surface area (Å²) in [6.45, 7) is 0. The van der Waals surface area contributed by atoms with Crippen LogP contribution in [0.4, 0.5) is 0 Å². The van der Waals surface area contributed by atoms with Crippen molar-refractivity contribution in [1.82, 2.24) is 0 Å². The lowest BCUT2D eigenvalue weighted by Gasteiger charge is -2.02. The van der Waals surface area contributed by atoms with Crippen LogP contribution in [0.5, 0.6) is 0 Å². The molecule has 88 valence electrons. The third-order valence-corrected chi connectivity index (χ3v) is 4.69. The quantitative estimate of drug-likeness (QED) is 0.641. The largest absolute Gasteiger partial charge is 0.294 e. The van der Waals surface area contributed by atoms with Crippen LogP contribution >= 0.6 is 54.8 Å². The molecule has 0 amide bonds. The average Bonchev–Trinajstić information content (AvgIpc) is 2.63.